The lowest BCUT2D eigenvalue weighted by atomic mass is 10.1. The third kappa shape index (κ3) is 4.37. The Bertz CT molecular complexity index is 1370. The first kappa shape index (κ1) is 23.8. The van der Waals surface area contributed by atoms with Crippen molar-refractivity contribution >= 4 is 27.6 Å². The molecule has 2 aromatic heterocycles. The van der Waals surface area contributed by atoms with Crippen molar-refractivity contribution in [3.05, 3.63) is 41.9 Å². The number of rotatable bonds is 4. The maximum atomic E-state index is 13.3. The molecule has 4 N–H and O–H groups in total. The summed E-state index contributed by atoms with van der Waals surface area (Å²) in [7, 11) is -4.00. The molecule has 0 spiro atoms. The maximum absolute atomic E-state index is 13.3. The van der Waals surface area contributed by atoms with Crippen LogP contribution in [0, 0.1) is 6.92 Å². The summed E-state index contributed by atoms with van der Waals surface area (Å²) in [5.41, 5.74) is 5.66. The van der Waals surface area contributed by atoms with Gasteiger partial charge in [-0.25, -0.2) is 23.2 Å². The van der Waals surface area contributed by atoms with Crippen molar-refractivity contribution in [2.75, 3.05) is 18.8 Å². The van der Waals surface area contributed by atoms with Crippen molar-refractivity contribution in [3.8, 4) is 11.3 Å². The third-order valence-corrected chi connectivity index (χ3v) is 7.50. The number of carboxylic acid groups (broad SMARTS) is 1. The zero-order valence-electron chi connectivity index (χ0n) is 17.9. The Morgan fingerprint density at radius 3 is 2.74 bits per heavy atom. The van der Waals surface area contributed by atoms with Crippen LogP contribution in [0.15, 0.2) is 35.5 Å². The predicted octanol–water partition coefficient (Wildman–Crippen LogP) is 2.73. The number of nitrogen functional groups attached to an aromatic ring is 1. The number of anilines is 1. The fraction of sp³-hybridized carbons (Fsp3) is 0.350. The Balaban J connectivity index is 1.77. The molecule has 1 atom stereocenters. The number of nitrogens with two attached hydrogens (primary N) is 1. The Labute approximate surface area is 192 Å². The number of fused-ring (bicyclic) bond motifs is 1. The van der Waals surface area contributed by atoms with Gasteiger partial charge < -0.3 is 16.2 Å². The van der Waals surface area contributed by atoms with Gasteiger partial charge in [0.1, 0.15) is 0 Å². The standard InChI is InChI=1S/C20H21F3N6O4S/c1-11-4-5-13(34(32,33)28-6-2-3-12(9-28)26-19(30)31)7-14(11)15-8-25-18-17(24)27-16(10-29(15)18)20(21,22)23/h4-5,7-8,10,12,26H,2-3,6,9H2,1H3,(H2,24,27)(H,30,31)/t12-/m1/s1. The summed E-state index contributed by atoms with van der Waals surface area (Å²) in [6, 6.07) is 3.78. The average Bonchev–Trinajstić information content (AvgIpc) is 3.17. The van der Waals surface area contributed by atoms with E-state index in [1.54, 1.807) is 13.0 Å². The fourth-order valence-electron chi connectivity index (χ4n) is 3.99. The number of alkyl halides is 3. The maximum Gasteiger partial charge on any atom is 0.434 e. The number of hydrogen-bond donors (Lipinski definition) is 3. The number of piperidine rings is 1. The molecule has 0 bridgehead atoms. The molecule has 0 aliphatic carbocycles. The summed E-state index contributed by atoms with van der Waals surface area (Å²) < 4.78 is 68.8. The number of aryl methyl sites for hydroxylation is 1. The van der Waals surface area contributed by atoms with Crippen LogP contribution in [0.4, 0.5) is 23.8 Å². The molecule has 0 radical (unpaired) electrons. The molecule has 1 aromatic carbocycles. The lowest BCUT2D eigenvalue weighted by Crippen LogP contribution is -2.49. The van der Waals surface area contributed by atoms with Crippen LogP contribution in [0.3, 0.4) is 0 Å². The fourth-order valence-corrected chi connectivity index (χ4v) is 5.54. The molecule has 3 aromatic rings. The van der Waals surface area contributed by atoms with Crippen LogP contribution in [0.2, 0.25) is 0 Å². The molecular weight excluding hydrogens is 477 g/mol. The minimum Gasteiger partial charge on any atom is -0.465 e. The molecular formula is C20H21F3N6O4S. The Kier molecular flexibility index (Phi) is 5.89. The minimum atomic E-state index is -4.74. The van der Waals surface area contributed by atoms with Crippen molar-refractivity contribution < 1.29 is 31.5 Å². The van der Waals surface area contributed by atoms with E-state index in [0.29, 0.717) is 24.0 Å². The quantitative estimate of drug-likeness (QED) is 0.502. The van der Waals surface area contributed by atoms with Crippen molar-refractivity contribution in [2.24, 2.45) is 0 Å². The van der Waals surface area contributed by atoms with Crippen LogP contribution >= 0.6 is 0 Å². The highest BCUT2D eigenvalue weighted by Crippen LogP contribution is 2.33. The van der Waals surface area contributed by atoms with E-state index in [1.807, 2.05) is 0 Å². The van der Waals surface area contributed by atoms with Crippen LogP contribution < -0.4 is 11.1 Å². The van der Waals surface area contributed by atoms with E-state index in [-0.39, 0.29) is 29.3 Å². The van der Waals surface area contributed by atoms with E-state index in [1.165, 1.54) is 22.6 Å². The number of hydrogen-bond acceptors (Lipinski definition) is 6. The van der Waals surface area contributed by atoms with Gasteiger partial charge >= 0.3 is 12.3 Å². The molecule has 1 aliphatic rings. The molecule has 4 rings (SSSR count). The number of benzene rings is 1. The van der Waals surface area contributed by atoms with Crippen molar-refractivity contribution in [1.82, 2.24) is 24.0 Å². The van der Waals surface area contributed by atoms with Gasteiger partial charge in [0.05, 0.1) is 16.8 Å². The molecule has 182 valence electrons. The van der Waals surface area contributed by atoms with Crippen LogP contribution in [-0.4, -0.2) is 57.4 Å². The van der Waals surface area contributed by atoms with E-state index < -0.39 is 39.8 Å². The number of halogens is 3. The Morgan fingerprint density at radius 2 is 2.06 bits per heavy atom. The average molecular weight is 498 g/mol. The van der Waals surface area contributed by atoms with E-state index in [4.69, 9.17) is 10.8 Å². The molecule has 1 amide bonds. The first-order valence-corrected chi connectivity index (χ1v) is 11.6. The SMILES string of the molecule is Cc1ccc(S(=O)(=O)N2CCC[C@@H](NC(=O)O)C2)cc1-c1cnc2c(N)nc(C(F)(F)F)cn12. The zero-order valence-corrected chi connectivity index (χ0v) is 18.7. The molecule has 0 unspecified atom stereocenters. The summed E-state index contributed by atoms with van der Waals surface area (Å²) in [6.45, 7) is 1.88. The van der Waals surface area contributed by atoms with Crippen molar-refractivity contribution in [1.29, 1.82) is 0 Å². The summed E-state index contributed by atoms with van der Waals surface area (Å²) >= 11 is 0. The van der Waals surface area contributed by atoms with Crippen molar-refractivity contribution in [2.45, 2.75) is 36.9 Å². The van der Waals surface area contributed by atoms with E-state index in [9.17, 15) is 26.4 Å². The molecule has 1 saturated heterocycles. The normalized spacial score (nSPS) is 17.7. The lowest BCUT2D eigenvalue weighted by molar-refractivity contribution is -0.141. The van der Waals surface area contributed by atoms with Gasteiger partial charge in [0, 0.05) is 30.9 Å². The van der Waals surface area contributed by atoms with E-state index in [2.05, 4.69) is 15.3 Å². The second-order valence-corrected chi connectivity index (χ2v) is 9.91. The minimum absolute atomic E-state index is 0.00859. The molecule has 34 heavy (non-hydrogen) atoms. The molecule has 3 heterocycles. The van der Waals surface area contributed by atoms with Gasteiger partial charge in [-0.05, 0) is 37.5 Å². The van der Waals surface area contributed by atoms with Crippen LogP contribution in [0.1, 0.15) is 24.1 Å². The zero-order chi connectivity index (χ0) is 24.8. The summed E-state index contributed by atoms with van der Waals surface area (Å²) in [6.07, 6.45) is -2.92. The first-order valence-electron chi connectivity index (χ1n) is 10.2. The molecule has 1 fully saturated rings. The van der Waals surface area contributed by atoms with Gasteiger partial charge in [0.2, 0.25) is 10.0 Å². The van der Waals surface area contributed by atoms with Gasteiger partial charge in [-0.2, -0.15) is 17.5 Å². The Morgan fingerprint density at radius 1 is 1.32 bits per heavy atom. The number of nitrogens with one attached hydrogen (secondary N) is 1. The van der Waals surface area contributed by atoms with E-state index >= 15 is 0 Å². The Hall–Kier alpha value is -3.39. The van der Waals surface area contributed by atoms with Crippen LogP contribution in [0.5, 0.6) is 0 Å². The van der Waals surface area contributed by atoms with Gasteiger partial charge in [0.25, 0.3) is 0 Å². The van der Waals surface area contributed by atoms with Crippen molar-refractivity contribution in [3.63, 3.8) is 0 Å². The highest BCUT2D eigenvalue weighted by atomic mass is 32.2. The van der Waals surface area contributed by atoms with E-state index in [0.717, 1.165) is 10.6 Å². The summed E-state index contributed by atoms with van der Waals surface area (Å²) in [5.74, 6) is -0.409. The monoisotopic (exact) mass is 498 g/mol. The lowest BCUT2D eigenvalue weighted by Gasteiger charge is -2.31. The topological polar surface area (TPSA) is 143 Å². The second-order valence-electron chi connectivity index (χ2n) is 7.97. The van der Waals surface area contributed by atoms with Gasteiger partial charge in [-0.3, -0.25) is 4.40 Å². The van der Waals surface area contributed by atoms with Gasteiger partial charge in [0.15, 0.2) is 17.2 Å². The second kappa shape index (κ2) is 8.43. The summed E-state index contributed by atoms with van der Waals surface area (Å²) in [5, 5.41) is 11.3. The third-order valence-electron chi connectivity index (χ3n) is 5.64. The molecule has 10 nitrogen and oxygen atoms in total. The number of imidazole rings is 1. The largest absolute Gasteiger partial charge is 0.465 e. The number of nitrogens with zero attached hydrogens (tertiary/aromatic N) is 4. The molecule has 1 aliphatic heterocycles. The number of aromatic nitrogens is 3. The number of carbonyl (C=O) groups is 1. The predicted molar refractivity (Wildman–Crippen MR) is 116 cm³/mol. The van der Waals surface area contributed by atoms with Gasteiger partial charge in [-0.1, -0.05) is 6.07 Å². The molecule has 14 heteroatoms. The highest BCUT2D eigenvalue weighted by Gasteiger charge is 2.35. The number of sulfonamides is 1. The van der Waals surface area contributed by atoms with Crippen LogP contribution in [0.25, 0.3) is 16.9 Å². The smallest absolute Gasteiger partial charge is 0.434 e. The molecule has 0 saturated carbocycles. The summed E-state index contributed by atoms with van der Waals surface area (Å²) in [4.78, 5) is 18.3. The van der Waals surface area contributed by atoms with Crippen LogP contribution in [-0.2, 0) is 16.2 Å². The van der Waals surface area contributed by atoms with Gasteiger partial charge in [-0.15, -0.1) is 0 Å². The number of amides is 1. The highest BCUT2D eigenvalue weighted by molar-refractivity contribution is 7.89. The first-order chi connectivity index (χ1) is 15.9.